The minimum Gasteiger partial charge on any atom is -1.00 e. The van der Waals surface area contributed by atoms with Crippen LogP contribution in [0.1, 0.15) is 5.71 Å². The molecule has 0 aromatic rings. The summed E-state index contributed by atoms with van der Waals surface area (Å²) >= 11 is 0. The molecular formula is C15H28N6Na4O15. The van der Waals surface area contributed by atoms with Crippen molar-refractivity contribution in [2.75, 3.05) is 39.3 Å². The normalized spacial score (nSPS) is 7.95. The predicted octanol–water partition coefficient (Wildman–Crippen LogP) is -17.2. The van der Waals surface area contributed by atoms with Crippen molar-refractivity contribution in [2.45, 2.75) is 0 Å². The van der Waals surface area contributed by atoms with E-state index in [0.29, 0.717) is 0 Å². The van der Waals surface area contributed by atoms with Crippen molar-refractivity contribution in [3.05, 3.63) is 0 Å². The van der Waals surface area contributed by atoms with E-state index in [-0.39, 0.29) is 124 Å². The number of rotatable bonds is 6. The van der Waals surface area contributed by atoms with E-state index < -0.39 is 93.6 Å². The van der Waals surface area contributed by atoms with Crippen molar-refractivity contribution in [3.8, 4) is 0 Å². The molecule has 25 heteroatoms. The number of nitrogens with two attached hydrogens (primary N) is 6. The molecule has 0 aromatic heterocycles. The van der Waals surface area contributed by atoms with Crippen LogP contribution in [0.25, 0.3) is 0 Å². The van der Waals surface area contributed by atoms with Crippen LogP contribution in [-0.2, 0) is 57.2 Å². The maximum Gasteiger partial charge on any atom is 1.00 e. The van der Waals surface area contributed by atoms with E-state index in [2.05, 4.69) is 28.4 Å². The van der Waals surface area contributed by atoms with Gasteiger partial charge in [0.15, 0.2) is 0 Å². The van der Waals surface area contributed by atoms with E-state index in [1.165, 1.54) is 0 Å². The van der Waals surface area contributed by atoms with Crippen molar-refractivity contribution in [1.29, 1.82) is 0 Å². The van der Waals surface area contributed by atoms with Crippen molar-refractivity contribution in [1.82, 2.24) is 0 Å². The minimum absolute atomic E-state index is 0. The number of ether oxygens (including phenoxy) is 6. The third kappa shape index (κ3) is 39.7. The molecule has 0 radical (unpaired) electrons. The Morgan fingerprint density at radius 1 is 0.325 bits per heavy atom. The first-order valence-electron chi connectivity index (χ1n) is 8.86. The molecule has 212 valence electrons. The van der Waals surface area contributed by atoms with Gasteiger partial charge in [-0.05, 0) is 0 Å². The van der Waals surface area contributed by atoms with Gasteiger partial charge in [-0.15, -0.1) is 0 Å². The monoisotopic (exact) mass is 624 g/mol. The summed E-state index contributed by atoms with van der Waals surface area (Å²) in [4.78, 5) is 93.0. The second kappa shape index (κ2) is 36.6. The molecule has 0 saturated heterocycles. The summed E-state index contributed by atoms with van der Waals surface area (Å²) in [5, 5.41) is 0. The second-order valence-corrected chi connectivity index (χ2v) is 4.82. The Labute approximate surface area is 320 Å². The molecule has 0 aliphatic carbocycles. The Bertz CT molecular complexity index is 689. The minimum atomic E-state index is -1.42. The van der Waals surface area contributed by atoms with Crippen molar-refractivity contribution in [2.24, 2.45) is 34.4 Å². The summed E-state index contributed by atoms with van der Waals surface area (Å²) < 4.78 is 23.2. The summed E-state index contributed by atoms with van der Waals surface area (Å²) in [7, 11) is 0. The van der Waals surface area contributed by atoms with E-state index in [9.17, 15) is 43.2 Å². The molecule has 21 nitrogen and oxygen atoms in total. The zero-order chi connectivity index (χ0) is 28.7. The van der Waals surface area contributed by atoms with E-state index in [1.54, 1.807) is 0 Å². The number of hydrogen-bond acceptors (Lipinski definition) is 21. The van der Waals surface area contributed by atoms with Crippen molar-refractivity contribution in [3.63, 3.8) is 0 Å². The van der Waals surface area contributed by atoms with Gasteiger partial charge < -0.3 is 68.5 Å². The zero-order valence-corrected chi connectivity index (χ0v) is 30.3. The quantitative estimate of drug-likeness (QED) is 0.0691. The Morgan fingerprint density at radius 2 is 0.425 bits per heavy atom. The molecule has 0 rings (SSSR count). The molecule has 40 heavy (non-hydrogen) atoms. The van der Waals surface area contributed by atoms with Crippen LogP contribution in [0.5, 0.6) is 0 Å². The molecule has 0 unspecified atom stereocenters. The van der Waals surface area contributed by atoms with E-state index in [1.807, 2.05) is 0 Å². The van der Waals surface area contributed by atoms with Gasteiger partial charge in [0.05, 0.1) is 39.3 Å². The van der Waals surface area contributed by atoms with Gasteiger partial charge in [-0.1, -0.05) is 0 Å². The third-order valence-electron chi connectivity index (χ3n) is 2.18. The third-order valence-corrected chi connectivity index (χ3v) is 2.18. The van der Waals surface area contributed by atoms with Crippen LogP contribution in [0.4, 0.5) is 14.4 Å². The molecule has 0 bridgehead atoms. The second-order valence-electron chi connectivity index (χ2n) is 4.82. The van der Waals surface area contributed by atoms with Crippen LogP contribution in [0.2, 0.25) is 0 Å². The van der Waals surface area contributed by atoms with Gasteiger partial charge in [0.2, 0.25) is 0 Å². The summed E-state index contributed by atoms with van der Waals surface area (Å²) in [6, 6.07) is 0. The molecular weight excluding hydrogens is 596 g/mol. The Hall–Kier alpha value is -0.410. The van der Waals surface area contributed by atoms with Crippen LogP contribution in [0.15, 0.2) is 0 Å². The fourth-order valence-corrected chi connectivity index (χ4v) is 0.870. The predicted molar refractivity (Wildman–Crippen MR) is 112 cm³/mol. The van der Waals surface area contributed by atoms with Gasteiger partial charge in [-0.25, -0.2) is 14.4 Å². The molecule has 0 fully saturated rings. The van der Waals surface area contributed by atoms with E-state index in [0.717, 1.165) is 0 Å². The van der Waals surface area contributed by atoms with Gasteiger partial charge in [0.1, 0.15) is 0 Å². The average molecular weight is 624 g/mol. The summed E-state index contributed by atoms with van der Waals surface area (Å²) in [6.45, 7) is -2.80. The molecule has 0 aliphatic heterocycles. The molecule has 0 aliphatic rings. The molecule has 0 atom stereocenters. The van der Waals surface area contributed by atoms with E-state index in [4.69, 9.17) is 34.4 Å². The number of hydrogen-bond donors (Lipinski definition) is 6. The smallest absolute Gasteiger partial charge is 1.00 e. The van der Waals surface area contributed by atoms with Crippen LogP contribution >= 0.6 is 0 Å². The van der Waals surface area contributed by atoms with Gasteiger partial charge >= 0.3 is 173 Å². The maximum atomic E-state index is 10.4. The molecule has 0 aromatic carbocycles. The topological polar surface area (TPSA) is 365 Å². The largest absolute Gasteiger partial charge is 1.00 e. The summed E-state index contributed by atoms with van der Waals surface area (Å²) in [5.41, 5.74) is 28.8. The van der Waals surface area contributed by atoms with E-state index >= 15 is 0 Å². The van der Waals surface area contributed by atoms with Crippen LogP contribution in [-0.4, -0.2) is 93.6 Å². The van der Waals surface area contributed by atoms with Crippen LogP contribution < -0.4 is 153 Å². The number of carbonyl (C=O) groups excluding carboxylic acids is 9. The van der Waals surface area contributed by atoms with Gasteiger partial charge in [0.25, 0.3) is 0 Å². The molecule has 0 amide bonds. The first kappa shape index (κ1) is 55.5. The SMILES string of the molecule is NCC(=O)OC(=O)OC(=O)CN.NCC(=O)OC(=O)OC(=O)CN.NCC(=O)OC(=O)OC(=O)CN.[H-].[H-].[H-].[H-].[Na+].[Na+].[Na+].[Na+]. The number of esters is 6. The first-order chi connectivity index (χ1) is 16.8. The van der Waals surface area contributed by atoms with Gasteiger partial charge in [0, 0.05) is 0 Å². The Kier molecular flexibility index (Phi) is 50.8. The standard InChI is InChI=1S/3C5H8N2O5.4Na.4H/c3*6-1-3(8)11-5(10)12-4(9)2-7;;;;;;;;/h3*1-2,6-7H2;;;;;;;;/q;;;4*+1;4*-1. The molecule has 0 saturated carbocycles. The molecule has 0 heterocycles. The molecule has 12 N–H and O–H groups in total. The summed E-state index contributed by atoms with van der Waals surface area (Å²) in [5.74, 6) is -5.89. The first-order valence-corrected chi connectivity index (χ1v) is 8.86. The fourth-order valence-electron chi connectivity index (χ4n) is 0.870. The average Bonchev–Trinajstić information content (AvgIpc) is 2.83. The summed E-state index contributed by atoms with van der Waals surface area (Å²) in [6.07, 6.45) is -4.25. The van der Waals surface area contributed by atoms with Crippen LogP contribution in [0, 0.1) is 0 Å². The number of carbonyl (C=O) groups is 9. The Morgan fingerprint density at radius 3 is 0.500 bits per heavy atom. The van der Waals surface area contributed by atoms with Crippen LogP contribution in [0.3, 0.4) is 0 Å². The van der Waals surface area contributed by atoms with Gasteiger partial charge in [-0.3, -0.25) is 28.8 Å². The Balaban J connectivity index is -0.0000000378. The van der Waals surface area contributed by atoms with Crippen molar-refractivity contribution >= 4 is 54.3 Å². The van der Waals surface area contributed by atoms with Crippen molar-refractivity contribution < 1.29 is 196 Å². The zero-order valence-electron chi connectivity index (χ0n) is 26.3. The maximum absolute atomic E-state index is 10.4. The molecule has 0 spiro atoms. The van der Waals surface area contributed by atoms with Gasteiger partial charge in [-0.2, -0.15) is 0 Å². The fraction of sp³-hybridized carbons (Fsp3) is 0.400.